The molecular formula is C28H30FN3O3. The largest absolute Gasteiger partial charge is 0.383 e. The zero-order chi connectivity index (χ0) is 24.9. The summed E-state index contributed by atoms with van der Waals surface area (Å²) in [5.74, 6) is 1.43. The topological polar surface area (TPSA) is 74.4 Å². The molecule has 2 atom stereocenters. The zero-order valence-electron chi connectivity index (χ0n) is 20.1. The van der Waals surface area contributed by atoms with Crippen LogP contribution in [0.4, 0.5) is 4.39 Å². The van der Waals surface area contributed by atoms with Gasteiger partial charge in [0.25, 0.3) is 11.8 Å². The number of hydrogen-bond acceptors (Lipinski definition) is 3. The molecular weight excluding hydrogens is 445 g/mol. The van der Waals surface area contributed by atoms with E-state index in [0.717, 1.165) is 47.0 Å². The van der Waals surface area contributed by atoms with Crippen LogP contribution in [0, 0.1) is 18.2 Å². The van der Waals surface area contributed by atoms with E-state index in [9.17, 15) is 14.0 Å². The Labute approximate surface area is 204 Å². The average molecular weight is 476 g/mol. The van der Waals surface area contributed by atoms with Crippen molar-refractivity contribution in [2.24, 2.45) is 0 Å². The van der Waals surface area contributed by atoms with Crippen LogP contribution < -0.4 is 5.32 Å². The van der Waals surface area contributed by atoms with E-state index in [1.807, 2.05) is 12.1 Å². The van der Waals surface area contributed by atoms with Crippen molar-refractivity contribution in [2.45, 2.75) is 44.7 Å². The fraction of sp³-hybridized carbons (Fsp3) is 0.357. The number of ether oxygens (including phenoxy) is 1. The quantitative estimate of drug-likeness (QED) is 0.376. The maximum absolute atomic E-state index is 14.1. The molecule has 0 fully saturated rings. The van der Waals surface area contributed by atoms with E-state index in [4.69, 9.17) is 11.2 Å². The number of aromatic nitrogens is 1. The van der Waals surface area contributed by atoms with Gasteiger partial charge in [0.15, 0.2) is 0 Å². The Bertz CT molecular complexity index is 1260. The second-order valence-corrected chi connectivity index (χ2v) is 8.84. The maximum atomic E-state index is 14.1. The molecule has 7 heteroatoms. The molecule has 1 aliphatic heterocycles. The number of hydrogen-bond donors (Lipinski definition) is 2. The molecule has 0 unspecified atom stereocenters. The lowest BCUT2D eigenvalue weighted by molar-refractivity contribution is -0.130. The van der Waals surface area contributed by atoms with Crippen LogP contribution >= 0.6 is 0 Å². The molecule has 0 saturated carbocycles. The molecule has 35 heavy (non-hydrogen) atoms. The molecule has 2 amide bonds. The van der Waals surface area contributed by atoms with Gasteiger partial charge in [-0.2, -0.15) is 0 Å². The number of nitrogens with zero attached hydrogens (tertiary/aromatic N) is 1. The Balaban J connectivity index is 1.79. The molecule has 4 rings (SSSR count). The van der Waals surface area contributed by atoms with Crippen molar-refractivity contribution in [3.8, 4) is 12.3 Å². The van der Waals surface area contributed by atoms with E-state index >= 15 is 0 Å². The van der Waals surface area contributed by atoms with Crippen molar-refractivity contribution in [3.63, 3.8) is 0 Å². The molecule has 1 aromatic heterocycles. The summed E-state index contributed by atoms with van der Waals surface area (Å²) < 4.78 is 19.1. The molecule has 2 aromatic carbocycles. The summed E-state index contributed by atoms with van der Waals surface area (Å²) in [7, 11) is 1.58. The minimum Gasteiger partial charge on any atom is -0.383 e. The second kappa shape index (κ2) is 10.7. The molecule has 6 nitrogen and oxygen atoms in total. The van der Waals surface area contributed by atoms with Crippen LogP contribution in [-0.4, -0.2) is 48.0 Å². The number of benzene rings is 2. The van der Waals surface area contributed by atoms with Gasteiger partial charge in [0, 0.05) is 41.9 Å². The Morgan fingerprint density at radius 1 is 1.26 bits per heavy atom. The number of H-pyrrole nitrogens is 1. The molecule has 0 saturated heterocycles. The zero-order valence-corrected chi connectivity index (χ0v) is 20.1. The number of rotatable bonds is 8. The van der Waals surface area contributed by atoms with Crippen molar-refractivity contribution >= 4 is 22.7 Å². The first kappa shape index (κ1) is 24.5. The predicted molar refractivity (Wildman–Crippen MR) is 133 cm³/mol. The van der Waals surface area contributed by atoms with E-state index in [2.05, 4.69) is 23.1 Å². The SMILES string of the molecule is C#CC(=O)N1[C@@H](CCCC)Cc2c([nH]c3ccc(F)cc23)[C@@H]1c1ccc(C(=O)NCCOC)cc1. The number of aromatic amines is 1. The molecule has 0 spiro atoms. The Hall–Kier alpha value is -3.63. The number of carbonyl (C=O) groups is 2. The number of methoxy groups -OCH3 is 1. The van der Waals surface area contributed by atoms with Gasteiger partial charge in [0.1, 0.15) is 5.82 Å². The highest BCUT2D eigenvalue weighted by molar-refractivity contribution is 5.95. The molecule has 0 radical (unpaired) electrons. The third-order valence-corrected chi connectivity index (χ3v) is 6.62. The standard InChI is InChI=1S/C28H30FN3O3/c1-4-6-7-21-17-23-22-16-20(29)12-13-24(22)31-26(23)27(32(21)25(33)5-2)18-8-10-19(11-9-18)28(34)30-14-15-35-3/h2,8-13,16,21,27,31H,4,6-7,14-15,17H2,1,3H3,(H,30,34)/t21-,27-/m0/s1. The van der Waals surface area contributed by atoms with Gasteiger partial charge in [-0.25, -0.2) is 4.39 Å². The second-order valence-electron chi connectivity index (χ2n) is 8.84. The normalized spacial score (nSPS) is 17.1. The third-order valence-electron chi connectivity index (χ3n) is 6.62. The van der Waals surface area contributed by atoms with Crippen LogP contribution in [-0.2, 0) is 16.0 Å². The summed E-state index contributed by atoms with van der Waals surface area (Å²) in [5, 5.41) is 3.63. The predicted octanol–water partition coefficient (Wildman–Crippen LogP) is 4.35. The van der Waals surface area contributed by atoms with Crippen LogP contribution in [0.15, 0.2) is 42.5 Å². The van der Waals surface area contributed by atoms with Crippen molar-refractivity contribution in [2.75, 3.05) is 20.3 Å². The van der Waals surface area contributed by atoms with Gasteiger partial charge in [0.05, 0.1) is 12.6 Å². The average Bonchev–Trinajstić information content (AvgIpc) is 3.23. The molecule has 2 heterocycles. The van der Waals surface area contributed by atoms with Gasteiger partial charge in [-0.1, -0.05) is 31.9 Å². The van der Waals surface area contributed by atoms with E-state index < -0.39 is 6.04 Å². The molecule has 0 aliphatic carbocycles. The van der Waals surface area contributed by atoms with Crippen LogP contribution in [0.2, 0.25) is 0 Å². The van der Waals surface area contributed by atoms with Crippen LogP contribution in [0.1, 0.15) is 59.4 Å². The maximum Gasteiger partial charge on any atom is 0.299 e. The first-order chi connectivity index (χ1) is 17.0. The third kappa shape index (κ3) is 4.94. The first-order valence-corrected chi connectivity index (χ1v) is 11.9. The lowest BCUT2D eigenvalue weighted by atomic mass is 9.86. The van der Waals surface area contributed by atoms with E-state index in [0.29, 0.717) is 25.1 Å². The summed E-state index contributed by atoms with van der Waals surface area (Å²) in [5.41, 5.74) is 4.00. The highest BCUT2D eigenvalue weighted by Crippen LogP contribution is 2.42. The van der Waals surface area contributed by atoms with Gasteiger partial charge < -0.3 is 19.9 Å². The van der Waals surface area contributed by atoms with E-state index in [1.165, 1.54) is 6.07 Å². The van der Waals surface area contributed by atoms with Crippen molar-refractivity contribution in [1.29, 1.82) is 0 Å². The number of halogens is 1. The number of unbranched alkanes of at least 4 members (excludes halogenated alkanes) is 1. The van der Waals surface area contributed by atoms with Crippen molar-refractivity contribution in [3.05, 3.63) is 70.7 Å². The molecule has 182 valence electrons. The Morgan fingerprint density at radius 2 is 2.03 bits per heavy atom. The van der Waals surface area contributed by atoms with Gasteiger partial charge in [-0.05, 0) is 60.2 Å². The number of amides is 2. The van der Waals surface area contributed by atoms with Crippen LogP contribution in [0.25, 0.3) is 10.9 Å². The van der Waals surface area contributed by atoms with Crippen molar-refractivity contribution in [1.82, 2.24) is 15.2 Å². The minimum absolute atomic E-state index is 0.115. The highest BCUT2D eigenvalue weighted by Gasteiger charge is 2.39. The molecule has 3 aromatic rings. The summed E-state index contributed by atoms with van der Waals surface area (Å²) in [6.07, 6.45) is 8.93. The smallest absolute Gasteiger partial charge is 0.299 e. The van der Waals surface area contributed by atoms with Crippen molar-refractivity contribution < 1.29 is 18.7 Å². The molecule has 1 aliphatic rings. The lowest BCUT2D eigenvalue weighted by Gasteiger charge is -2.41. The number of carbonyl (C=O) groups excluding carboxylic acids is 2. The van der Waals surface area contributed by atoms with Crippen LogP contribution in [0.5, 0.6) is 0 Å². The fourth-order valence-corrected chi connectivity index (χ4v) is 4.93. The van der Waals surface area contributed by atoms with E-state index in [1.54, 1.807) is 36.3 Å². The lowest BCUT2D eigenvalue weighted by Crippen LogP contribution is -2.47. The number of nitrogens with one attached hydrogen (secondary N) is 2. The Morgan fingerprint density at radius 3 is 2.71 bits per heavy atom. The number of terminal acetylenes is 1. The summed E-state index contributed by atoms with van der Waals surface area (Å²) in [6, 6.07) is 11.3. The highest BCUT2D eigenvalue weighted by atomic mass is 19.1. The summed E-state index contributed by atoms with van der Waals surface area (Å²) >= 11 is 0. The van der Waals surface area contributed by atoms with Gasteiger partial charge >= 0.3 is 0 Å². The summed E-state index contributed by atoms with van der Waals surface area (Å²) in [4.78, 5) is 30.7. The molecule has 2 N–H and O–H groups in total. The van der Waals surface area contributed by atoms with E-state index in [-0.39, 0.29) is 23.7 Å². The Kier molecular flexibility index (Phi) is 7.52. The van der Waals surface area contributed by atoms with Gasteiger partial charge in [0.2, 0.25) is 0 Å². The fourth-order valence-electron chi connectivity index (χ4n) is 4.93. The molecule has 0 bridgehead atoms. The monoisotopic (exact) mass is 475 g/mol. The number of fused-ring (bicyclic) bond motifs is 3. The van der Waals surface area contributed by atoms with Gasteiger partial charge in [-0.3, -0.25) is 9.59 Å². The summed E-state index contributed by atoms with van der Waals surface area (Å²) in [6.45, 7) is 2.95. The minimum atomic E-state index is -0.467. The van der Waals surface area contributed by atoms with Gasteiger partial charge in [-0.15, -0.1) is 6.42 Å². The van der Waals surface area contributed by atoms with Crippen LogP contribution in [0.3, 0.4) is 0 Å². The first-order valence-electron chi connectivity index (χ1n) is 11.9.